The summed E-state index contributed by atoms with van der Waals surface area (Å²) in [5.41, 5.74) is 0.986. The van der Waals surface area contributed by atoms with Crippen LogP contribution in [0, 0.1) is 0 Å². The van der Waals surface area contributed by atoms with E-state index in [1.165, 1.54) is 17.0 Å². The van der Waals surface area contributed by atoms with Gasteiger partial charge in [0, 0.05) is 12.6 Å². The molecular formula is C28H31Cl2N3O4S. The highest BCUT2D eigenvalue weighted by Crippen LogP contribution is 2.26. The fourth-order valence-corrected chi connectivity index (χ4v) is 5.73. The van der Waals surface area contributed by atoms with Crippen molar-refractivity contribution in [2.45, 2.75) is 50.7 Å². The second-order valence-corrected chi connectivity index (χ2v) is 11.7. The summed E-state index contributed by atoms with van der Waals surface area (Å²) in [5.74, 6) is -0.863. The minimum absolute atomic E-state index is 0.0355. The molecule has 1 atom stereocenters. The molecule has 0 radical (unpaired) electrons. The molecule has 7 nitrogen and oxygen atoms in total. The molecule has 0 spiro atoms. The predicted molar refractivity (Wildman–Crippen MR) is 152 cm³/mol. The number of halogens is 2. The molecule has 10 heteroatoms. The molecule has 1 unspecified atom stereocenters. The first kappa shape index (κ1) is 29.5. The molecule has 0 saturated carbocycles. The first-order valence-electron chi connectivity index (χ1n) is 12.2. The number of para-hydroxylation sites is 1. The van der Waals surface area contributed by atoms with Gasteiger partial charge in [-0.2, -0.15) is 0 Å². The molecule has 0 bridgehead atoms. The summed E-state index contributed by atoms with van der Waals surface area (Å²) in [7, 11) is -4.09. The summed E-state index contributed by atoms with van der Waals surface area (Å²) < 4.78 is 28.5. The van der Waals surface area contributed by atoms with Crippen LogP contribution in [-0.4, -0.2) is 43.8 Å². The van der Waals surface area contributed by atoms with E-state index in [1.54, 1.807) is 73.7 Å². The van der Waals surface area contributed by atoms with Gasteiger partial charge in [-0.25, -0.2) is 8.42 Å². The molecular weight excluding hydrogens is 545 g/mol. The Hall–Kier alpha value is -3.07. The molecule has 202 valence electrons. The van der Waals surface area contributed by atoms with Crippen LogP contribution >= 0.6 is 23.2 Å². The van der Waals surface area contributed by atoms with Gasteiger partial charge in [-0.05, 0) is 62.2 Å². The smallest absolute Gasteiger partial charge is 0.264 e. The van der Waals surface area contributed by atoms with E-state index in [9.17, 15) is 18.0 Å². The largest absolute Gasteiger partial charge is 0.352 e. The van der Waals surface area contributed by atoms with E-state index >= 15 is 0 Å². The normalized spacial score (nSPS) is 12.2. The number of nitrogens with one attached hydrogen (secondary N) is 1. The van der Waals surface area contributed by atoms with Gasteiger partial charge in [0.05, 0.1) is 20.6 Å². The lowest BCUT2D eigenvalue weighted by atomic mass is 10.1. The maximum atomic E-state index is 13.9. The van der Waals surface area contributed by atoms with E-state index < -0.39 is 28.5 Å². The Bertz CT molecular complexity index is 1350. The van der Waals surface area contributed by atoms with Crippen LogP contribution in [0.5, 0.6) is 0 Å². The van der Waals surface area contributed by atoms with E-state index in [0.717, 1.165) is 4.31 Å². The monoisotopic (exact) mass is 575 g/mol. The predicted octanol–water partition coefficient (Wildman–Crippen LogP) is 5.52. The number of benzene rings is 3. The van der Waals surface area contributed by atoms with Crippen molar-refractivity contribution in [2.24, 2.45) is 0 Å². The molecule has 0 aliphatic heterocycles. The van der Waals surface area contributed by atoms with Crippen molar-refractivity contribution in [3.63, 3.8) is 0 Å². The number of carbonyl (C=O) groups is 2. The minimum Gasteiger partial charge on any atom is -0.352 e. The van der Waals surface area contributed by atoms with Crippen molar-refractivity contribution >= 4 is 50.7 Å². The number of carbonyl (C=O) groups excluding carboxylic acids is 2. The molecule has 0 aromatic heterocycles. The molecule has 0 heterocycles. The number of hydrogen-bond acceptors (Lipinski definition) is 4. The lowest BCUT2D eigenvalue weighted by Crippen LogP contribution is -2.53. The topological polar surface area (TPSA) is 86.8 Å². The van der Waals surface area contributed by atoms with Crippen molar-refractivity contribution in [1.82, 2.24) is 10.2 Å². The van der Waals surface area contributed by atoms with Crippen LogP contribution in [0.2, 0.25) is 10.0 Å². The second-order valence-electron chi connectivity index (χ2n) is 9.02. The van der Waals surface area contributed by atoms with Crippen LogP contribution in [0.4, 0.5) is 5.69 Å². The summed E-state index contributed by atoms with van der Waals surface area (Å²) in [6.45, 7) is 5.00. The Balaban J connectivity index is 2.04. The van der Waals surface area contributed by atoms with Crippen LogP contribution in [0.1, 0.15) is 32.8 Å². The number of amides is 2. The summed E-state index contributed by atoms with van der Waals surface area (Å²) in [4.78, 5) is 28.5. The molecule has 0 saturated heterocycles. The van der Waals surface area contributed by atoms with Gasteiger partial charge < -0.3 is 10.2 Å². The molecule has 3 aromatic carbocycles. The number of anilines is 1. The Morgan fingerprint density at radius 1 is 0.895 bits per heavy atom. The Kier molecular flexibility index (Phi) is 10.2. The van der Waals surface area contributed by atoms with Crippen LogP contribution in [-0.2, 0) is 26.2 Å². The average molecular weight is 577 g/mol. The van der Waals surface area contributed by atoms with E-state index in [4.69, 9.17) is 23.2 Å². The number of hydrogen-bond donors (Lipinski definition) is 1. The molecule has 1 N–H and O–H groups in total. The van der Waals surface area contributed by atoms with Crippen molar-refractivity contribution < 1.29 is 18.0 Å². The van der Waals surface area contributed by atoms with Crippen molar-refractivity contribution in [3.05, 3.63) is 94.5 Å². The maximum Gasteiger partial charge on any atom is 0.264 e. The van der Waals surface area contributed by atoms with Gasteiger partial charge in [0.25, 0.3) is 10.0 Å². The highest BCUT2D eigenvalue weighted by molar-refractivity contribution is 7.92. The molecule has 0 fully saturated rings. The highest BCUT2D eigenvalue weighted by atomic mass is 35.5. The third kappa shape index (κ3) is 7.28. The summed E-state index contributed by atoms with van der Waals surface area (Å²) >= 11 is 12.3. The molecule has 3 aromatic rings. The van der Waals surface area contributed by atoms with Crippen LogP contribution in [0.15, 0.2) is 83.8 Å². The summed E-state index contributed by atoms with van der Waals surface area (Å²) in [5, 5.41) is 3.54. The lowest BCUT2D eigenvalue weighted by Gasteiger charge is -2.33. The standard InChI is InChI=1S/C28H31Cl2N3O4S/c1-4-26(28(35)31-20(2)3)32(18-21-15-16-24(29)25(30)17-21)27(34)19-33(22-11-7-5-8-12-22)38(36,37)23-13-9-6-10-14-23/h5-17,20,26H,4,18-19H2,1-3H3,(H,31,35). The van der Waals surface area contributed by atoms with E-state index in [-0.39, 0.29) is 23.4 Å². The molecule has 0 aliphatic carbocycles. The molecule has 2 amide bonds. The van der Waals surface area contributed by atoms with Crippen LogP contribution < -0.4 is 9.62 Å². The third-order valence-electron chi connectivity index (χ3n) is 5.81. The van der Waals surface area contributed by atoms with E-state index in [2.05, 4.69) is 5.32 Å². The van der Waals surface area contributed by atoms with Crippen LogP contribution in [0.25, 0.3) is 0 Å². The Morgan fingerprint density at radius 3 is 2.05 bits per heavy atom. The second kappa shape index (κ2) is 13.1. The van der Waals surface area contributed by atoms with Crippen LogP contribution in [0.3, 0.4) is 0 Å². The quantitative estimate of drug-likeness (QED) is 0.326. The zero-order valence-corrected chi connectivity index (χ0v) is 23.8. The Labute approximate surface area is 234 Å². The minimum atomic E-state index is -4.09. The van der Waals surface area contributed by atoms with Gasteiger partial charge in [-0.3, -0.25) is 13.9 Å². The summed E-state index contributed by atoms with van der Waals surface area (Å²) in [6.07, 6.45) is 0.322. The SMILES string of the molecule is CCC(C(=O)NC(C)C)N(Cc1ccc(Cl)c(Cl)c1)C(=O)CN(c1ccccc1)S(=O)(=O)c1ccccc1. The fourth-order valence-electron chi connectivity index (χ4n) is 3.98. The van der Waals surface area contributed by atoms with Gasteiger partial charge in [0.2, 0.25) is 11.8 Å². The first-order valence-corrected chi connectivity index (χ1v) is 14.4. The Morgan fingerprint density at radius 2 is 1.50 bits per heavy atom. The third-order valence-corrected chi connectivity index (χ3v) is 8.34. The lowest BCUT2D eigenvalue weighted by molar-refractivity contribution is -0.140. The van der Waals surface area contributed by atoms with Crippen molar-refractivity contribution in [3.8, 4) is 0 Å². The number of rotatable bonds is 11. The van der Waals surface area contributed by atoms with E-state index in [0.29, 0.717) is 27.7 Å². The van der Waals surface area contributed by atoms with Crippen molar-refractivity contribution in [2.75, 3.05) is 10.8 Å². The van der Waals surface area contributed by atoms with E-state index in [1.807, 2.05) is 13.8 Å². The van der Waals surface area contributed by atoms with Gasteiger partial charge in [0.15, 0.2) is 0 Å². The number of nitrogens with zero attached hydrogens (tertiary/aromatic N) is 2. The van der Waals surface area contributed by atoms with Gasteiger partial charge in [-0.1, -0.05) is 72.6 Å². The fraction of sp³-hybridized carbons (Fsp3) is 0.286. The summed E-state index contributed by atoms with van der Waals surface area (Å²) in [6, 6.07) is 20.3. The molecule has 0 aliphatic rings. The first-order chi connectivity index (χ1) is 18.0. The maximum absolute atomic E-state index is 13.9. The molecule has 38 heavy (non-hydrogen) atoms. The van der Waals surface area contributed by atoms with Gasteiger partial charge in [0.1, 0.15) is 12.6 Å². The zero-order valence-electron chi connectivity index (χ0n) is 21.5. The van der Waals surface area contributed by atoms with Gasteiger partial charge >= 0.3 is 0 Å². The zero-order chi connectivity index (χ0) is 27.9. The molecule has 3 rings (SSSR count). The van der Waals surface area contributed by atoms with Crippen molar-refractivity contribution in [1.29, 1.82) is 0 Å². The van der Waals surface area contributed by atoms with Gasteiger partial charge in [-0.15, -0.1) is 0 Å². The number of sulfonamides is 1. The highest BCUT2D eigenvalue weighted by Gasteiger charge is 2.33. The average Bonchev–Trinajstić information content (AvgIpc) is 2.89.